The van der Waals surface area contributed by atoms with E-state index in [1.54, 1.807) is 7.11 Å². The van der Waals surface area contributed by atoms with Crippen LogP contribution < -0.4 is 15.4 Å². The minimum absolute atomic E-state index is 0.487. The van der Waals surface area contributed by atoms with E-state index in [1.165, 1.54) is 0 Å². The highest BCUT2D eigenvalue weighted by molar-refractivity contribution is 5.55. The van der Waals surface area contributed by atoms with Crippen molar-refractivity contribution in [3.05, 3.63) is 54.1 Å². The molecule has 0 unspecified atom stereocenters. The van der Waals surface area contributed by atoms with Crippen LogP contribution in [0.25, 0.3) is 0 Å². The molecule has 21 heavy (non-hydrogen) atoms. The lowest BCUT2D eigenvalue weighted by Gasteiger charge is -2.24. The van der Waals surface area contributed by atoms with Gasteiger partial charge in [0.15, 0.2) is 0 Å². The number of benzene rings is 2. The predicted octanol–water partition coefficient (Wildman–Crippen LogP) is 3.20. The molecule has 108 valence electrons. The number of ether oxygens (including phenoxy) is 1. The molecule has 4 heteroatoms. The van der Waals surface area contributed by atoms with Gasteiger partial charge >= 0.3 is 0 Å². The summed E-state index contributed by atoms with van der Waals surface area (Å²) in [5.41, 5.74) is 8.77. The topological polar surface area (TPSA) is 62.3 Å². The Bertz CT molecular complexity index is 620. The van der Waals surface area contributed by atoms with Gasteiger partial charge in [0.2, 0.25) is 0 Å². The first kappa shape index (κ1) is 14.7. The molecule has 0 spiro atoms. The van der Waals surface area contributed by atoms with E-state index < -0.39 is 0 Å². The van der Waals surface area contributed by atoms with Gasteiger partial charge in [-0.2, -0.15) is 5.26 Å². The van der Waals surface area contributed by atoms with Crippen LogP contribution in [0.4, 0.5) is 11.4 Å². The summed E-state index contributed by atoms with van der Waals surface area (Å²) in [6.07, 6.45) is 0.487. The summed E-state index contributed by atoms with van der Waals surface area (Å²) in [6, 6.07) is 18.1. The second-order valence-electron chi connectivity index (χ2n) is 4.74. The quantitative estimate of drug-likeness (QED) is 0.826. The number of anilines is 2. The molecular formula is C17H19N3O. The van der Waals surface area contributed by atoms with Gasteiger partial charge in [-0.1, -0.05) is 24.3 Å². The molecule has 0 aliphatic heterocycles. The second-order valence-corrected chi connectivity index (χ2v) is 4.74. The molecule has 0 fully saturated rings. The number of nitriles is 1. The Morgan fingerprint density at radius 3 is 2.57 bits per heavy atom. The molecule has 4 nitrogen and oxygen atoms in total. The van der Waals surface area contributed by atoms with Gasteiger partial charge in [0.25, 0.3) is 0 Å². The van der Waals surface area contributed by atoms with E-state index in [4.69, 9.17) is 15.7 Å². The largest absolute Gasteiger partial charge is 0.495 e. The number of nitrogens with zero attached hydrogens (tertiary/aromatic N) is 2. The molecule has 0 aliphatic rings. The monoisotopic (exact) mass is 281 g/mol. The Labute approximate surface area is 125 Å². The third-order valence-corrected chi connectivity index (χ3v) is 3.28. The zero-order chi connectivity index (χ0) is 15.1. The van der Waals surface area contributed by atoms with Crippen molar-refractivity contribution in [3.8, 4) is 11.8 Å². The van der Waals surface area contributed by atoms with Gasteiger partial charge in [-0.05, 0) is 29.8 Å². The first-order valence-corrected chi connectivity index (χ1v) is 6.84. The average molecular weight is 281 g/mol. The van der Waals surface area contributed by atoms with Gasteiger partial charge < -0.3 is 15.4 Å². The normalized spacial score (nSPS) is 9.90. The Morgan fingerprint density at radius 1 is 1.19 bits per heavy atom. The molecule has 0 aromatic heterocycles. The molecule has 0 heterocycles. The number of rotatable bonds is 6. The Hall–Kier alpha value is -2.67. The molecule has 0 radical (unpaired) electrons. The molecule has 2 rings (SSSR count). The number of hydrogen-bond acceptors (Lipinski definition) is 4. The Balaban J connectivity index is 2.19. The number of para-hydroxylation sites is 1. The van der Waals surface area contributed by atoms with Crippen LogP contribution in [-0.2, 0) is 6.54 Å². The Kier molecular flexibility index (Phi) is 5.05. The van der Waals surface area contributed by atoms with Crippen molar-refractivity contribution in [1.29, 1.82) is 5.26 Å². The standard InChI is InChI=1S/C17H19N3O/c1-21-17-9-8-14(12-16(17)19)13-20(11-5-10-18)15-6-3-2-4-7-15/h2-4,6-9,12H,5,11,13,19H2,1H3. The molecular weight excluding hydrogens is 262 g/mol. The van der Waals surface area contributed by atoms with E-state index in [2.05, 4.69) is 11.0 Å². The first-order valence-electron chi connectivity index (χ1n) is 6.84. The van der Waals surface area contributed by atoms with Crippen molar-refractivity contribution >= 4 is 11.4 Å². The van der Waals surface area contributed by atoms with Crippen molar-refractivity contribution in [2.45, 2.75) is 13.0 Å². The van der Waals surface area contributed by atoms with Crippen molar-refractivity contribution in [3.63, 3.8) is 0 Å². The molecule has 2 aromatic carbocycles. The maximum absolute atomic E-state index is 8.83. The van der Waals surface area contributed by atoms with Crippen molar-refractivity contribution in [2.75, 3.05) is 24.3 Å². The molecule has 0 bridgehead atoms. The van der Waals surface area contributed by atoms with Crippen LogP contribution in [0, 0.1) is 11.3 Å². The van der Waals surface area contributed by atoms with Crippen LogP contribution >= 0.6 is 0 Å². The van der Waals surface area contributed by atoms with Gasteiger partial charge in [0.05, 0.1) is 25.3 Å². The zero-order valence-electron chi connectivity index (χ0n) is 12.1. The summed E-state index contributed by atoms with van der Waals surface area (Å²) >= 11 is 0. The SMILES string of the molecule is COc1ccc(CN(CCC#N)c2ccccc2)cc1N. The minimum atomic E-state index is 0.487. The van der Waals surface area contributed by atoms with E-state index in [1.807, 2.05) is 48.5 Å². The molecule has 0 saturated carbocycles. The number of hydrogen-bond donors (Lipinski definition) is 1. The van der Waals surface area contributed by atoms with Gasteiger partial charge in [-0.3, -0.25) is 0 Å². The van der Waals surface area contributed by atoms with Crippen molar-refractivity contribution < 1.29 is 4.74 Å². The lowest BCUT2D eigenvalue weighted by Crippen LogP contribution is -2.23. The van der Waals surface area contributed by atoms with Gasteiger partial charge in [0.1, 0.15) is 5.75 Å². The van der Waals surface area contributed by atoms with Gasteiger partial charge in [-0.15, -0.1) is 0 Å². The fourth-order valence-electron chi connectivity index (χ4n) is 2.23. The van der Waals surface area contributed by atoms with Crippen LogP contribution in [0.1, 0.15) is 12.0 Å². The summed E-state index contributed by atoms with van der Waals surface area (Å²) in [5.74, 6) is 0.682. The highest BCUT2D eigenvalue weighted by Crippen LogP contribution is 2.24. The summed E-state index contributed by atoms with van der Waals surface area (Å²) in [6.45, 7) is 1.40. The Morgan fingerprint density at radius 2 is 1.95 bits per heavy atom. The van der Waals surface area contributed by atoms with Crippen LogP contribution in [0.3, 0.4) is 0 Å². The summed E-state index contributed by atoms with van der Waals surface area (Å²) in [7, 11) is 1.61. The lowest BCUT2D eigenvalue weighted by atomic mass is 10.1. The smallest absolute Gasteiger partial charge is 0.141 e. The van der Waals surface area contributed by atoms with Gasteiger partial charge in [0, 0.05) is 18.8 Å². The summed E-state index contributed by atoms with van der Waals surface area (Å²) in [4.78, 5) is 2.17. The molecule has 2 aromatic rings. The minimum Gasteiger partial charge on any atom is -0.495 e. The maximum atomic E-state index is 8.83. The maximum Gasteiger partial charge on any atom is 0.141 e. The van der Waals surface area contributed by atoms with E-state index in [-0.39, 0.29) is 0 Å². The van der Waals surface area contributed by atoms with Crippen LogP contribution in [-0.4, -0.2) is 13.7 Å². The zero-order valence-corrected chi connectivity index (χ0v) is 12.1. The highest BCUT2D eigenvalue weighted by atomic mass is 16.5. The highest BCUT2D eigenvalue weighted by Gasteiger charge is 2.08. The third-order valence-electron chi connectivity index (χ3n) is 3.28. The van der Waals surface area contributed by atoms with Crippen LogP contribution in [0.5, 0.6) is 5.75 Å². The number of nitrogens with two attached hydrogens (primary N) is 1. The molecule has 0 aliphatic carbocycles. The van der Waals surface area contributed by atoms with Gasteiger partial charge in [-0.25, -0.2) is 0 Å². The van der Waals surface area contributed by atoms with Crippen LogP contribution in [0.15, 0.2) is 48.5 Å². The number of methoxy groups -OCH3 is 1. The molecule has 0 amide bonds. The summed E-state index contributed by atoms with van der Waals surface area (Å²) in [5, 5.41) is 8.83. The fourth-order valence-corrected chi connectivity index (χ4v) is 2.23. The van der Waals surface area contributed by atoms with Crippen molar-refractivity contribution in [2.24, 2.45) is 0 Å². The van der Waals surface area contributed by atoms with E-state index in [0.717, 1.165) is 11.3 Å². The molecule has 2 N–H and O–H groups in total. The first-order chi connectivity index (χ1) is 10.2. The lowest BCUT2D eigenvalue weighted by molar-refractivity contribution is 0.417. The van der Waals surface area contributed by atoms with E-state index in [9.17, 15) is 0 Å². The number of nitrogen functional groups attached to an aromatic ring is 1. The van der Waals surface area contributed by atoms with Crippen LogP contribution in [0.2, 0.25) is 0 Å². The molecule has 0 atom stereocenters. The second kappa shape index (κ2) is 7.20. The van der Waals surface area contributed by atoms with Crippen molar-refractivity contribution in [1.82, 2.24) is 0 Å². The summed E-state index contributed by atoms with van der Waals surface area (Å²) < 4.78 is 5.17. The van der Waals surface area contributed by atoms with E-state index in [0.29, 0.717) is 30.9 Å². The third kappa shape index (κ3) is 3.90. The fraction of sp³-hybridized carbons (Fsp3) is 0.235. The average Bonchev–Trinajstić information content (AvgIpc) is 2.52. The predicted molar refractivity (Wildman–Crippen MR) is 85.1 cm³/mol. The van der Waals surface area contributed by atoms with E-state index >= 15 is 0 Å². The molecule has 0 saturated heterocycles.